The third kappa shape index (κ3) is 4.34. The van der Waals surface area contributed by atoms with Gasteiger partial charge in [-0.05, 0) is 94.4 Å². The van der Waals surface area contributed by atoms with Crippen LogP contribution in [0.5, 0.6) is 5.75 Å². The topological polar surface area (TPSA) is 84.5 Å². The molecule has 4 aliphatic rings. The number of carbonyl (C=O) groups is 1. The monoisotopic (exact) mass is 454 g/mol. The summed E-state index contributed by atoms with van der Waals surface area (Å²) in [7, 11) is -3.26. The van der Waals surface area contributed by atoms with E-state index >= 15 is 0 Å². The van der Waals surface area contributed by atoms with E-state index < -0.39 is 15.6 Å². The molecule has 5 rings (SSSR count). The van der Waals surface area contributed by atoms with E-state index in [1.54, 1.807) is 26.0 Å². The number of rotatable bonds is 6. The molecule has 1 amide bonds. The van der Waals surface area contributed by atoms with Crippen LogP contribution in [0.1, 0.15) is 51.5 Å². The lowest BCUT2D eigenvalue weighted by atomic mass is 9.51. The summed E-state index contributed by atoms with van der Waals surface area (Å²) < 4.78 is 32.8. The molecule has 4 bridgehead atoms. The second kappa shape index (κ2) is 7.38. The molecule has 166 valence electrons. The molecule has 30 heavy (non-hydrogen) atoms. The minimum Gasteiger partial charge on any atom is -0.478 e. The number of sulfonamides is 1. The highest BCUT2D eigenvalue weighted by atomic mass is 35.5. The maximum absolute atomic E-state index is 13.2. The first kappa shape index (κ1) is 21.9. The fourth-order valence-corrected chi connectivity index (χ4v) is 7.42. The summed E-state index contributed by atoms with van der Waals surface area (Å²) in [6.45, 7) is 5.46. The third-order valence-electron chi connectivity index (χ3n) is 7.02. The number of aryl methyl sites for hydroxylation is 1. The van der Waals surface area contributed by atoms with Crippen molar-refractivity contribution in [3.63, 3.8) is 0 Å². The molecule has 0 spiro atoms. The Hall–Kier alpha value is -1.31. The van der Waals surface area contributed by atoms with Crippen molar-refractivity contribution >= 4 is 27.5 Å². The molecular weight excluding hydrogens is 424 g/mol. The van der Waals surface area contributed by atoms with Crippen molar-refractivity contribution in [2.75, 3.05) is 6.26 Å². The third-order valence-corrected chi connectivity index (χ3v) is 8.06. The number of nitrogens with one attached hydrogen (secondary N) is 2. The first-order valence-corrected chi connectivity index (χ1v) is 12.9. The number of amides is 1. The molecular formula is C22H31ClN2O4S. The van der Waals surface area contributed by atoms with Crippen LogP contribution in [0.3, 0.4) is 0 Å². The highest BCUT2D eigenvalue weighted by Crippen LogP contribution is 2.56. The average molecular weight is 455 g/mol. The SMILES string of the molecule is Cc1cc(Cl)ccc1OC(C)(C)C(=O)N[C@H]1[C@@H]2CC3C[C@H]1C[C@](NS(C)(=O)=O)(C3)C2. The van der Waals surface area contributed by atoms with Crippen LogP contribution in [0.2, 0.25) is 5.02 Å². The van der Waals surface area contributed by atoms with Gasteiger partial charge in [0.2, 0.25) is 10.0 Å². The van der Waals surface area contributed by atoms with E-state index in [0.29, 0.717) is 28.5 Å². The van der Waals surface area contributed by atoms with Crippen LogP contribution in [0, 0.1) is 24.7 Å². The van der Waals surface area contributed by atoms with Gasteiger partial charge in [-0.2, -0.15) is 0 Å². The van der Waals surface area contributed by atoms with Crippen molar-refractivity contribution in [1.82, 2.24) is 10.0 Å². The largest absolute Gasteiger partial charge is 0.478 e. The second-order valence-electron chi connectivity index (χ2n) is 10.1. The highest BCUT2D eigenvalue weighted by molar-refractivity contribution is 7.88. The van der Waals surface area contributed by atoms with Crippen LogP contribution in [0.4, 0.5) is 0 Å². The summed E-state index contributed by atoms with van der Waals surface area (Å²) in [5.41, 5.74) is -0.486. The number of hydrogen-bond donors (Lipinski definition) is 2. The van der Waals surface area contributed by atoms with Gasteiger partial charge in [-0.15, -0.1) is 0 Å². The van der Waals surface area contributed by atoms with Crippen molar-refractivity contribution in [1.29, 1.82) is 0 Å². The zero-order valence-corrected chi connectivity index (χ0v) is 19.6. The Labute approximate surface area is 184 Å². The Balaban J connectivity index is 1.46. The van der Waals surface area contributed by atoms with Crippen molar-refractivity contribution in [3.8, 4) is 5.75 Å². The van der Waals surface area contributed by atoms with E-state index in [4.69, 9.17) is 16.3 Å². The molecule has 1 aromatic rings. The Morgan fingerprint density at radius 1 is 1.20 bits per heavy atom. The molecule has 8 heteroatoms. The highest BCUT2D eigenvalue weighted by Gasteiger charge is 2.57. The molecule has 0 aromatic heterocycles. The Kier molecular flexibility index (Phi) is 5.39. The average Bonchev–Trinajstić information content (AvgIpc) is 2.57. The molecule has 1 unspecified atom stereocenters. The van der Waals surface area contributed by atoms with Gasteiger partial charge in [0.15, 0.2) is 5.60 Å². The van der Waals surface area contributed by atoms with Gasteiger partial charge in [-0.1, -0.05) is 11.6 Å². The van der Waals surface area contributed by atoms with Crippen LogP contribution >= 0.6 is 11.6 Å². The lowest BCUT2D eigenvalue weighted by molar-refractivity contribution is -0.138. The van der Waals surface area contributed by atoms with Gasteiger partial charge in [-0.3, -0.25) is 4.79 Å². The van der Waals surface area contributed by atoms with Gasteiger partial charge >= 0.3 is 0 Å². The molecule has 0 saturated heterocycles. The zero-order chi connectivity index (χ0) is 21.9. The van der Waals surface area contributed by atoms with Crippen LogP contribution in [0.25, 0.3) is 0 Å². The van der Waals surface area contributed by atoms with Gasteiger partial charge < -0.3 is 10.1 Å². The maximum Gasteiger partial charge on any atom is 0.263 e. The van der Waals surface area contributed by atoms with E-state index in [1.165, 1.54) is 6.26 Å². The normalized spacial score (nSPS) is 32.8. The van der Waals surface area contributed by atoms with E-state index in [2.05, 4.69) is 10.0 Å². The molecule has 4 aliphatic carbocycles. The Morgan fingerprint density at radius 2 is 1.83 bits per heavy atom. The van der Waals surface area contributed by atoms with Crippen LogP contribution < -0.4 is 14.8 Å². The number of carbonyl (C=O) groups excluding carboxylic acids is 1. The second-order valence-corrected chi connectivity index (χ2v) is 12.3. The fourth-order valence-electron chi connectivity index (χ4n) is 6.15. The molecule has 0 heterocycles. The van der Waals surface area contributed by atoms with E-state index in [0.717, 1.165) is 37.7 Å². The molecule has 1 aromatic carbocycles. The summed E-state index contributed by atoms with van der Waals surface area (Å²) >= 11 is 6.02. The van der Waals surface area contributed by atoms with E-state index in [9.17, 15) is 13.2 Å². The maximum atomic E-state index is 13.2. The summed E-state index contributed by atoms with van der Waals surface area (Å²) in [6, 6.07) is 5.43. The Bertz CT molecular complexity index is 946. The van der Waals surface area contributed by atoms with Crippen molar-refractivity contribution < 1.29 is 17.9 Å². The molecule has 4 saturated carbocycles. The quantitative estimate of drug-likeness (QED) is 0.689. The molecule has 6 nitrogen and oxygen atoms in total. The summed E-state index contributed by atoms with van der Waals surface area (Å²) in [5.74, 6) is 1.62. The van der Waals surface area contributed by atoms with Crippen LogP contribution in [0.15, 0.2) is 18.2 Å². The number of hydrogen-bond acceptors (Lipinski definition) is 4. The molecule has 2 N–H and O–H groups in total. The fraction of sp³-hybridized carbons (Fsp3) is 0.682. The van der Waals surface area contributed by atoms with Gasteiger partial charge in [0.1, 0.15) is 5.75 Å². The summed E-state index contributed by atoms with van der Waals surface area (Å²) in [6.07, 6.45) is 5.82. The lowest BCUT2D eigenvalue weighted by Crippen LogP contribution is -2.67. The minimum absolute atomic E-state index is 0.0673. The first-order valence-electron chi connectivity index (χ1n) is 10.6. The van der Waals surface area contributed by atoms with Crippen molar-refractivity contribution in [3.05, 3.63) is 28.8 Å². The lowest BCUT2D eigenvalue weighted by Gasteiger charge is -2.60. The van der Waals surface area contributed by atoms with Gasteiger partial charge in [0.25, 0.3) is 5.91 Å². The van der Waals surface area contributed by atoms with Crippen LogP contribution in [-0.4, -0.2) is 37.8 Å². The Morgan fingerprint density at radius 3 is 2.40 bits per heavy atom. The summed E-state index contributed by atoms with van der Waals surface area (Å²) in [5, 5.41) is 3.90. The van der Waals surface area contributed by atoms with Gasteiger partial charge in [0.05, 0.1) is 6.26 Å². The van der Waals surface area contributed by atoms with Crippen LogP contribution in [-0.2, 0) is 14.8 Å². The van der Waals surface area contributed by atoms with Gasteiger partial charge in [-0.25, -0.2) is 13.1 Å². The standard InChI is InChI=1S/C22H31ClN2O4S/c1-13-7-17(23)5-6-18(13)29-21(2,3)20(26)24-19-15-8-14-9-16(19)12-22(10-14,11-15)25-30(4,27)28/h5-7,14-16,19,25H,8-12H2,1-4H3,(H,24,26)/t14?,15-,16+,19+,22+. The number of benzene rings is 1. The predicted molar refractivity (Wildman–Crippen MR) is 117 cm³/mol. The number of ether oxygens (including phenoxy) is 1. The predicted octanol–water partition coefficient (Wildman–Crippen LogP) is 3.42. The number of halogens is 1. The summed E-state index contributed by atoms with van der Waals surface area (Å²) in [4.78, 5) is 13.2. The van der Waals surface area contributed by atoms with Crippen molar-refractivity contribution in [2.45, 2.75) is 70.1 Å². The smallest absolute Gasteiger partial charge is 0.263 e. The molecule has 5 atom stereocenters. The van der Waals surface area contributed by atoms with Gasteiger partial charge in [0, 0.05) is 16.6 Å². The van der Waals surface area contributed by atoms with E-state index in [-0.39, 0.29) is 17.5 Å². The molecule has 0 aliphatic heterocycles. The zero-order valence-electron chi connectivity index (χ0n) is 18.0. The first-order chi connectivity index (χ1) is 13.9. The van der Waals surface area contributed by atoms with Crippen molar-refractivity contribution in [2.24, 2.45) is 17.8 Å². The molecule has 4 fully saturated rings. The van der Waals surface area contributed by atoms with E-state index in [1.807, 2.05) is 13.0 Å². The minimum atomic E-state index is -3.26. The molecule has 0 radical (unpaired) electrons.